The third-order valence-corrected chi connectivity index (χ3v) is 4.00. The van der Waals surface area contributed by atoms with Crippen LogP contribution in [0.4, 0.5) is 4.39 Å². The lowest BCUT2D eigenvalue weighted by Crippen LogP contribution is -2.17. The quantitative estimate of drug-likeness (QED) is 0.559. The summed E-state index contributed by atoms with van der Waals surface area (Å²) >= 11 is 0. The lowest BCUT2D eigenvalue weighted by molar-refractivity contribution is -0.510. The monoisotopic (exact) mass is 304 g/mol. The minimum Gasteiger partial charge on any atom is -0.256 e. The molecule has 0 saturated heterocycles. The number of hydrogen-bond acceptors (Lipinski definition) is 1. The SMILES string of the molecule is Cc1cc(-c2ncccc2-c2ccc3c[nH]c[n+]3c2)ccc1F. The van der Waals surface area contributed by atoms with Crippen LogP contribution in [0.15, 0.2) is 67.4 Å². The van der Waals surface area contributed by atoms with Crippen molar-refractivity contribution in [3.05, 3.63) is 78.8 Å². The van der Waals surface area contributed by atoms with E-state index >= 15 is 0 Å². The first-order valence-corrected chi connectivity index (χ1v) is 7.42. The van der Waals surface area contributed by atoms with Crippen molar-refractivity contribution in [1.29, 1.82) is 0 Å². The predicted molar refractivity (Wildman–Crippen MR) is 87.3 cm³/mol. The van der Waals surface area contributed by atoms with E-state index in [0.717, 1.165) is 27.9 Å². The highest BCUT2D eigenvalue weighted by Crippen LogP contribution is 2.30. The molecule has 3 nitrogen and oxygen atoms in total. The van der Waals surface area contributed by atoms with E-state index in [1.807, 2.05) is 35.1 Å². The minimum absolute atomic E-state index is 0.199. The van der Waals surface area contributed by atoms with Crippen molar-refractivity contribution in [1.82, 2.24) is 9.97 Å². The van der Waals surface area contributed by atoms with Crippen LogP contribution in [0.25, 0.3) is 27.9 Å². The summed E-state index contributed by atoms with van der Waals surface area (Å²) < 4.78 is 15.6. The smallest absolute Gasteiger partial charge is 0.246 e. The number of hydrogen-bond donors (Lipinski definition) is 1. The molecular weight excluding hydrogens is 289 g/mol. The van der Waals surface area contributed by atoms with Crippen LogP contribution in [-0.4, -0.2) is 9.97 Å². The number of imidazole rings is 1. The number of H-pyrrole nitrogens is 1. The number of nitrogens with zero attached hydrogens (tertiary/aromatic N) is 2. The van der Waals surface area contributed by atoms with Gasteiger partial charge in [-0.3, -0.25) is 4.98 Å². The van der Waals surface area contributed by atoms with Gasteiger partial charge in [0.25, 0.3) is 0 Å². The molecule has 23 heavy (non-hydrogen) atoms. The van der Waals surface area contributed by atoms with E-state index in [2.05, 4.69) is 28.3 Å². The molecular formula is C19H15FN3+. The summed E-state index contributed by atoms with van der Waals surface area (Å²) in [4.78, 5) is 7.61. The number of benzene rings is 1. The molecule has 0 fully saturated rings. The molecule has 0 radical (unpaired) electrons. The Bertz CT molecular complexity index is 1000. The summed E-state index contributed by atoms with van der Waals surface area (Å²) in [6.07, 6.45) is 7.66. The standard InChI is InChI=1S/C19H14FN3/c1-13-9-14(5-7-18(13)20)19-17(3-2-8-22-19)15-4-6-16-10-21-12-23(16)11-15/h2-12H,1H3/p+1. The molecule has 1 N–H and O–H groups in total. The fourth-order valence-electron chi connectivity index (χ4n) is 2.79. The molecule has 4 heteroatoms. The van der Waals surface area contributed by atoms with Gasteiger partial charge in [-0.2, -0.15) is 0 Å². The zero-order valence-electron chi connectivity index (χ0n) is 12.6. The van der Waals surface area contributed by atoms with E-state index in [1.54, 1.807) is 19.2 Å². The molecule has 0 unspecified atom stereocenters. The Morgan fingerprint density at radius 1 is 1.09 bits per heavy atom. The molecule has 1 aromatic carbocycles. The molecule has 3 aromatic heterocycles. The summed E-state index contributed by atoms with van der Waals surface area (Å²) in [7, 11) is 0. The lowest BCUT2D eigenvalue weighted by atomic mass is 9.99. The minimum atomic E-state index is -0.199. The van der Waals surface area contributed by atoms with Crippen molar-refractivity contribution in [3.63, 3.8) is 0 Å². The predicted octanol–water partition coefficient (Wildman–Crippen LogP) is 3.93. The maximum Gasteiger partial charge on any atom is 0.246 e. The molecule has 0 aliphatic heterocycles. The van der Waals surface area contributed by atoms with Gasteiger partial charge in [0.2, 0.25) is 6.33 Å². The average molecular weight is 304 g/mol. The summed E-state index contributed by atoms with van der Waals surface area (Å²) in [5.74, 6) is -0.199. The van der Waals surface area contributed by atoms with Crippen LogP contribution in [0.3, 0.4) is 0 Å². The molecule has 4 rings (SSSR count). The zero-order chi connectivity index (χ0) is 15.8. The van der Waals surface area contributed by atoms with Crippen LogP contribution in [0.5, 0.6) is 0 Å². The number of fused-ring (bicyclic) bond motifs is 1. The highest BCUT2D eigenvalue weighted by Gasteiger charge is 2.12. The fourth-order valence-corrected chi connectivity index (χ4v) is 2.79. The van der Waals surface area contributed by atoms with Gasteiger partial charge in [-0.15, -0.1) is 0 Å². The second kappa shape index (κ2) is 5.32. The van der Waals surface area contributed by atoms with E-state index in [0.29, 0.717) is 5.56 Å². The van der Waals surface area contributed by atoms with E-state index in [4.69, 9.17) is 0 Å². The molecule has 0 aliphatic carbocycles. The Labute approximate surface area is 133 Å². The Kier molecular flexibility index (Phi) is 3.15. The third kappa shape index (κ3) is 2.38. The second-order valence-electron chi connectivity index (χ2n) is 5.55. The molecule has 0 amide bonds. The number of aryl methyl sites for hydroxylation is 1. The first-order chi connectivity index (χ1) is 11.2. The molecule has 0 bridgehead atoms. The van der Waals surface area contributed by atoms with Gasteiger partial charge in [0, 0.05) is 22.9 Å². The van der Waals surface area contributed by atoms with Gasteiger partial charge in [0.1, 0.15) is 18.2 Å². The van der Waals surface area contributed by atoms with Crippen LogP contribution in [0.1, 0.15) is 5.56 Å². The highest BCUT2D eigenvalue weighted by atomic mass is 19.1. The Balaban J connectivity index is 1.90. The molecule has 0 atom stereocenters. The van der Waals surface area contributed by atoms with E-state index in [9.17, 15) is 4.39 Å². The summed E-state index contributed by atoms with van der Waals surface area (Å²) in [6.45, 7) is 1.77. The van der Waals surface area contributed by atoms with Crippen LogP contribution < -0.4 is 4.40 Å². The van der Waals surface area contributed by atoms with Gasteiger partial charge in [-0.05, 0) is 48.9 Å². The largest absolute Gasteiger partial charge is 0.256 e. The van der Waals surface area contributed by atoms with Crippen molar-refractivity contribution < 1.29 is 8.79 Å². The van der Waals surface area contributed by atoms with Gasteiger partial charge in [-0.25, -0.2) is 13.8 Å². The van der Waals surface area contributed by atoms with Gasteiger partial charge in [0.05, 0.1) is 5.69 Å². The van der Waals surface area contributed by atoms with Crippen LogP contribution >= 0.6 is 0 Å². The number of rotatable bonds is 2. The van der Waals surface area contributed by atoms with Gasteiger partial charge in [0.15, 0.2) is 5.52 Å². The number of halogens is 1. The first kappa shape index (κ1) is 13.6. The number of pyridine rings is 2. The van der Waals surface area contributed by atoms with Crippen LogP contribution in [0, 0.1) is 12.7 Å². The Morgan fingerprint density at radius 3 is 2.83 bits per heavy atom. The molecule has 0 spiro atoms. The van der Waals surface area contributed by atoms with Gasteiger partial charge in [-0.1, -0.05) is 6.07 Å². The normalized spacial score (nSPS) is 11.0. The Hall–Kier alpha value is -3.01. The summed E-state index contributed by atoms with van der Waals surface area (Å²) in [6, 6.07) is 13.2. The second-order valence-corrected chi connectivity index (χ2v) is 5.55. The highest BCUT2D eigenvalue weighted by molar-refractivity contribution is 5.80. The van der Waals surface area contributed by atoms with Crippen molar-refractivity contribution in [2.75, 3.05) is 0 Å². The van der Waals surface area contributed by atoms with Crippen molar-refractivity contribution in [2.24, 2.45) is 0 Å². The number of aromatic amines is 1. The van der Waals surface area contributed by atoms with Crippen molar-refractivity contribution in [3.8, 4) is 22.4 Å². The van der Waals surface area contributed by atoms with Crippen molar-refractivity contribution >= 4 is 5.52 Å². The molecule has 4 aromatic rings. The zero-order valence-corrected chi connectivity index (χ0v) is 12.6. The molecule has 0 aliphatic rings. The summed E-state index contributed by atoms with van der Waals surface area (Å²) in [5, 5.41) is 0. The Morgan fingerprint density at radius 2 is 1.96 bits per heavy atom. The maximum absolute atomic E-state index is 13.5. The number of nitrogens with one attached hydrogen (secondary N) is 1. The summed E-state index contributed by atoms with van der Waals surface area (Å²) in [5.41, 5.74) is 5.57. The topological polar surface area (TPSA) is 32.8 Å². The van der Waals surface area contributed by atoms with Crippen molar-refractivity contribution in [2.45, 2.75) is 6.92 Å². The average Bonchev–Trinajstić information content (AvgIpc) is 3.05. The molecule has 0 saturated carbocycles. The maximum atomic E-state index is 13.5. The van der Waals surface area contributed by atoms with Crippen LogP contribution in [-0.2, 0) is 0 Å². The fraction of sp³-hybridized carbons (Fsp3) is 0.0526. The molecule has 3 heterocycles. The third-order valence-electron chi connectivity index (χ3n) is 4.00. The first-order valence-electron chi connectivity index (χ1n) is 7.42. The molecule has 112 valence electrons. The van der Waals surface area contributed by atoms with Gasteiger partial charge < -0.3 is 0 Å². The van der Waals surface area contributed by atoms with Crippen LogP contribution in [0.2, 0.25) is 0 Å². The number of aromatic nitrogens is 3. The van der Waals surface area contributed by atoms with E-state index in [1.165, 1.54) is 6.07 Å². The lowest BCUT2D eigenvalue weighted by Gasteiger charge is -2.09. The van der Waals surface area contributed by atoms with Gasteiger partial charge >= 0.3 is 0 Å². The van der Waals surface area contributed by atoms with E-state index < -0.39 is 0 Å². The van der Waals surface area contributed by atoms with E-state index in [-0.39, 0.29) is 5.82 Å².